The smallest absolute Gasteiger partial charge is 0.305 e. The van der Waals surface area contributed by atoms with Crippen molar-refractivity contribution in [2.75, 3.05) is 7.11 Å². The maximum absolute atomic E-state index is 11.0. The Morgan fingerprint density at radius 2 is 2.40 bits per heavy atom. The van der Waals surface area contributed by atoms with Crippen molar-refractivity contribution in [2.24, 2.45) is 5.92 Å². The zero-order valence-electron chi connectivity index (χ0n) is 8.88. The van der Waals surface area contributed by atoms with Gasteiger partial charge in [-0.05, 0) is 17.5 Å². The number of methoxy groups -OCH3 is 1. The van der Waals surface area contributed by atoms with Crippen LogP contribution in [-0.2, 0) is 9.53 Å². The highest BCUT2D eigenvalue weighted by molar-refractivity contribution is 5.69. The van der Waals surface area contributed by atoms with Crippen LogP contribution < -0.4 is 0 Å². The molecule has 15 heavy (non-hydrogen) atoms. The fraction of sp³-hybridized carbons (Fsp3) is 0.455. The summed E-state index contributed by atoms with van der Waals surface area (Å²) < 4.78 is 4.54. The normalized spacial score (nSPS) is 14.3. The molecule has 1 aromatic rings. The molecule has 0 aliphatic heterocycles. The van der Waals surface area contributed by atoms with E-state index in [1.165, 1.54) is 7.11 Å². The highest BCUT2D eigenvalue weighted by atomic mass is 16.5. The van der Waals surface area contributed by atoms with Gasteiger partial charge in [-0.1, -0.05) is 13.0 Å². The van der Waals surface area contributed by atoms with E-state index in [-0.39, 0.29) is 18.3 Å². The molecule has 0 spiro atoms. The molecule has 1 rings (SSSR count). The first kappa shape index (κ1) is 11.7. The molecule has 1 heterocycles. The third-order valence-electron chi connectivity index (χ3n) is 2.28. The minimum Gasteiger partial charge on any atom is -0.469 e. The Bertz CT molecular complexity index is 313. The predicted molar refractivity (Wildman–Crippen MR) is 55.0 cm³/mol. The molecule has 1 aromatic heterocycles. The second-order valence-electron chi connectivity index (χ2n) is 3.49. The first-order valence-corrected chi connectivity index (χ1v) is 4.80. The number of hydrogen-bond acceptors (Lipinski definition) is 4. The zero-order chi connectivity index (χ0) is 11.3. The third-order valence-corrected chi connectivity index (χ3v) is 2.28. The lowest BCUT2D eigenvalue weighted by Crippen LogP contribution is -2.15. The van der Waals surface area contributed by atoms with Crippen LogP contribution in [0.5, 0.6) is 0 Å². The van der Waals surface area contributed by atoms with Crippen LogP contribution >= 0.6 is 0 Å². The number of carbonyl (C=O) groups excluding carboxylic acids is 1. The van der Waals surface area contributed by atoms with Crippen LogP contribution in [0.4, 0.5) is 0 Å². The molecule has 0 fully saturated rings. The quantitative estimate of drug-likeness (QED) is 0.760. The number of pyridine rings is 1. The number of hydrogen-bond donors (Lipinski definition) is 1. The molecule has 0 aliphatic carbocycles. The third kappa shape index (κ3) is 3.32. The Morgan fingerprint density at radius 1 is 1.67 bits per heavy atom. The Hall–Kier alpha value is -1.42. The topological polar surface area (TPSA) is 59.4 Å². The zero-order valence-corrected chi connectivity index (χ0v) is 8.88. The van der Waals surface area contributed by atoms with Crippen molar-refractivity contribution in [2.45, 2.75) is 19.4 Å². The lowest BCUT2D eigenvalue weighted by Gasteiger charge is -2.17. The minimum atomic E-state index is -0.683. The highest BCUT2D eigenvalue weighted by Crippen LogP contribution is 2.23. The monoisotopic (exact) mass is 209 g/mol. The van der Waals surface area contributed by atoms with Gasteiger partial charge in [-0.3, -0.25) is 9.78 Å². The Morgan fingerprint density at radius 3 is 2.93 bits per heavy atom. The molecule has 0 aromatic carbocycles. The van der Waals surface area contributed by atoms with Crippen molar-refractivity contribution in [3.63, 3.8) is 0 Å². The molecular weight excluding hydrogens is 194 g/mol. The number of aromatic nitrogens is 1. The minimum absolute atomic E-state index is 0.179. The molecule has 82 valence electrons. The van der Waals surface area contributed by atoms with Gasteiger partial charge in [-0.15, -0.1) is 0 Å². The first-order valence-electron chi connectivity index (χ1n) is 4.80. The summed E-state index contributed by atoms with van der Waals surface area (Å²) in [7, 11) is 1.34. The second-order valence-corrected chi connectivity index (χ2v) is 3.49. The van der Waals surface area contributed by atoms with Crippen molar-refractivity contribution >= 4 is 5.97 Å². The molecule has 0 saturated heterocycles. The molecule has 2 atom stereocenters. The van der Waals surface area contributed by atoms with Gasteiger partial charge in [0.05, 0.1) is 19.6 Å². The van der Waals surface area contributed by atoms with Crippen LogP contribution in [0.2, 0.25) is 0 Å². The maximum Gasteiger partial charge on any atom is 0.305 e. The fourth-order valence-corrected chi connectivity index (χ4v) is 1.34. The van der Waals surface area contributed by atoms with E-state index in [1.54, 1.807) is 31.5 Å². The molecule has 4 heteroatoms. The molecule has 1 N–H and O–H groups in total. The van der Waals surface area contributed by atoms with Crippen LogP contribution in [0, 0.1) is 5.92 Å². The second kappa shape index (κ2) is 5.46. The van der Waals surface area contributed by atoms with Crippen molar-refractivity contribution in [3.05, 3.63) is 30.1 Å². The van der Waals surface area contributed by atoms with Crippen LogP contribution in [0.25, 0.3) is 0 Å². The number of aliphatic hydroxyl groups excluding tert-OH is 1. The maximum atomic E-state index is 11.0. The molecule has 0 bridgehead atoms. The van der Waals surface area contributed by atoms with Crippen LogP contribution in [0.3, 0.4) is 0 Å². The van der Waals surface area contributed by atoms with Crippen molar-refractivity contribution < 1.29 is 14.6 Å². The van der Waals surface area contributed by atoms with Gasteiger partial charge in [0.25, 0.3) is 0 Å². The van der Waals surface area contributed by atoms with Crippen molar-refractivity contribution in [1.82, 2.24) is 4.98 Å². The van der Waals surface area contributed by atoms with Gasteiger partial charge < -0.3 is 9.84 Å². The summed E-state index contributed by atoms with van der Waals surface area (Å²) in [5.74, 6) is -0.493. The van der Waals surface area contributed by atoms with Crippen molar-refractivity contribution in [1.29, 1.82) is 0 Å². The van der Waals surface area contributed by atoms with E-state index >= 15 is 0 Å². The number of nitrogens with zero attached hydrogens (tertiary/aromatic N) is 1. The Balaban J connectivity index is 2.61. The van der Waals surface area contributed by atoms with E-state index < -0.39 is 6.10 Å². The van der Waals surface area contributed by atoms with Crippen LogP contribution in [0.15, 0.2) is 24.5 Å². The van der Waals surface area contributed by atoms with Crippen molar-refractivity contribution in [3.8, 4) is 0 Å². The van der Waals surface area contributed by atoms with Gasteiger partial charge in [0.15, 0.2) is 0 Å². The van der Waals surface area contributed by atoms with Crippen LogP contribution in [0.1, 0.15) is 25.0 Å². The van der Waals surface area contributed by atoms with E-state index in [0.717, 1.165) is 0 Å². The summed E-state index contributed by atoms with van der Waals surface area (Å²) in [6, 6.07) is 3.54. The summed E-state index contributed by atoms with van der Waals surface area (Å²) in [6.07, 6.45) is 2.75. The standard InChI is InChI=1S/C11H15NO3/c1-8(6-10(13)15-2)11(14)9-4-3-5-12-7-9/h3-5,7-8,11,14H,6H2,1-2H3. The molecule has 0 radical (unpaired) electrons. The van der Waals surface area contributed by atoms with E-state index in [4.69, 9.17) is 0 Å². The number of carbonyl (C=O) groups is 1. The van der Waals surface area contributed by atoms with E-state index in [2.05, 4.69) is 9.72 Å². The molecule has 2 unspecified atom stereocenters. The SMILES string of the molecule is COC(=O)CC(C)C(O)c1cccnc1. The summed E-state index contributed by atoms with van der Waals surface area (Å²) in [4.78, 5) is 14.9. The fourth-order valence-electron chi connectivity index (χ4n) is 1.34. The van der Waals surface area contributed by atoms with Crippen LogP contribution in [-0.4, -0.2) is 23.2 Å². The van der Waals surface area contributed by atoms with Gasteiger partial charge in [-0.2, -0.15) is 0 Å². The summed E-state index contributed by atoms with van der Waals surface area (Å²) in [5.41, 5.74) is 0.717. The number of esters is 1. The highest BCUT2D eigenvalue weighted by Gasteiger charge is 2.19. The summed E-state index contributed by atoms with van der Waals surface area (Å²) in [5, 5.41) is 9.89. The molecular formula is C11H15NO3. The van der Waals surface area contributed by atoms with E-state index in [1.807, 2.05) is 0 Å². The van der Waals surface area contributed by atoms with Gasteiger partial charge in [0.2, 0.25) is 0 Å². The lowest BCUT2D eigenvalue weighted by atomic mass is 9.96. The Kier molecular flexibility index (Phi) is 4.24. The Labute approximate surface area is 88.9 Å². The first-order chi connectivity index (χ1) is 7.15. The lowest BCUT2D eigenvalue weighted by molar-refractivity contribution is -0.142. The van der Waals surface area contributed by atoms with Gasteiger partial charge in [0, 0.05) is 12.4 Å². The summed E-state index contributed by atoms with van der Waals surface area (Å²) >= 11 is 0. The molecule has 0 aliphatic rings. The van der Waals surface area contributed by atoms with Gasteiger partial charge >= 0.3 is 5.97 Å². The number of ether oxygens (including phenoxy) is 1. The summed E-state index contributed by atoms with van der Waals surface area (Å²) in [6.45, 7) is 1.80. The predicted octanol–water partition coefficient (Wildman–Crippen LogP) is 1.31. The average molecular weight is 209 g/mol. The average Bonchev–Trinajstić information content (AvgIpc) is 2.29. The molecule has 0 saturated carbocycles. The largest absolute Gasteiger partial charge is 0.469 e. The number of aliphatic hydroxyl groups is 1. The van der Waals surface area contributed by atoms with E-state index in [0.29, 0.717) is 5.56 Å². The van der Waals surface area contributed by atoms with E-state index in [9.17, 15) is 9.90 Å². The van der Waals surface area contributed by atoms with Gasteiger partial charge in [-0.25, -0.2) is 0 Å². The molecule has 0 amide bonds. The number of rotatable bonds is 4. The van der Waals surface area contributed by atoms with Gasteiger partial charge in [0.1, 0.15) is 0 Å². The molecule has 4 nitrogen and oxygen atoms in total.